The molecule has 6 nitrogen and oxygen atoms in total. The Bertz CT molecular complexity index is 750. The van der Waals surface area contributed by atoms with Gasteiger partial charge in [0, 0.05) is 50.1 Å². The van der Waals surface area contributed by atoms with E-state index >= 15 is 0 Å². The minimum Gasteiger partial charge on any atom is -0.340 e. The van der Waals surface area contributed by atoms with Crippen LogP contribution in [0.1, 0.15) is 31.4 Å². The first-order valence-electron chi connectivity index (χ1n) is 9.32. The summed E-state index contributed by atoms with van der Waals surface area (Å²) >= 11 is 0. The van der Waals surface area contributed by atoms with Crippen molar-refractivity contribution >= 4 is 5.95 Å². The van der Waals surface area contributed by atoms with Gasteiger partial charge in [-0.05, 0) is 52.3 Å². The summed E-state index contributed by atoms with van der Waals surface area (Å²) in [6.07, 6.45) is 9.12. The Morgan fingerprint density at radius 1 is 1.08 bits per heavy atom. The molecule has 6 heteroatoms. The van der Waals surface area contributed by atoms with E-state index in [2.05, 4.69) is 26.9 Å². The van der Waals surface area contributed by atoms with E-state index in [9.17, 15) is 0 Å². The Hall–Kier alpha value is -1.95. The summed E-state index contributed by atoms with van der Waals surface area (Å²) in [4.78, 5) is 14.4. The van der Waals surface area contributed by atoms with Crippen molar-refractivity contribution in [2.24, 2.45) is 12.5 Å². The fraction of sp³-hybridized carbons (Fsp3) is 0.632. The maximum absolute atomic E-state index is 4.89. The van der Waals surface area contributed by atoms with Crippen molar-refractivity contribution in [3.05, 3.63) is 24.2 Å². The molecule has 0 aliphatic carbocycles. The first kappa shape index (κ1) is 16.5. The zero-order valence-electron chi connectivity index (χ0n) is 15.6. The molecule has 0 radical (unpaired) electrons. The van der Waals surface area contributed by atoms with Crippen LogP contribution in [0.4, 0.5) is 5.95 Å². The number of anilines is 1. The van der Waals surface area contributed by atoms with Gasteiger partial charge in [-0.2, -0.15) is 5.10 Å². The molecule has 0 bridgehead atoms. The van der Waals surface area contributed by atoms with Crippen molar-refractivity contribution in [2.45, 2.75) is 32.6 Å². The van der Waals surface area contributed by atoms with Crippen LogP contribution in [0, 0.1) is 12.3 Å². The van der Waals surface area contributed by atoms with Crippen molar-refractivity contribution in [1.29, 1.82) is 0 Å². The third-order valence-corrected chi connectivity index (χ3v) is 5.73. The normalized spacial score (nSPS) is 24.8. The lowest BCUT2D eigenvalue weighted by molar-refractivity contribution is 0.0905. The second-order valence-electron chi connectivity index (χ2n) is 7.91. The van der Waals surface area contributed by atoms with E-state index in [1.807, 2.05) is 37.1 Å². The number of nitrogens with zero attached hydrogens (tertiary/aromatic N) is 6. The van der Waals surface area contributed by atoms with Crippen LogP contribution in [0.2, 0.25) is 0 Å². The highest BCUT2D eigenvalue weighted by molar-refractivity contribution is 5.61. The van der Waals surface area contributed by atoms with Crippen molar-refractivity contribution < 1.29 is 0 Å². The molecule has 1 atom stereocenters. The number of aromatic nitrogens is 4. The largest absolute Gasteiger partial charge is 0.340 e. The van der Waals surface area contributed by atoms with Crippen LogP contribution in [0.5, 0.6) is 0 Å². The molecule has 0 N–H and O–H groups in total. The highest BCUT2D eigenvalue weighted by Crippen LogP contribution is 2.39. The monoisotopic (exact) mass is 340 g/mol. The van der Waals surface area contributed by atoms with E-state index in [4.69, 9.17) is 4.98 Å². The molecule has 2 aromatic heterocycles. The summed E-state index contributed by atoms with van der Waals surface area (Å²) in [5.74, 6) is 0.869. The lowest BCUT2D eigenvalue weighted by Crippen LogP contribution is -2.51. The van der Waals surface area contributed by atoms with E-state index < -0.39 is 0 Å². The van der Waals surface area contributed by atoms with Gasteiger partial charge in [0.15, 0.2) is 0 Å². The van der Waals surface area contributed by atoms with Crippen molar-refractivity contribution in [2.75, 3.05) is 38.1 Å². The van der Waals surface area contributed by atoms with Crippen LogP contribution in [-0.4, -0.2) is 57.9 Å². The molecule has 0 aromatic carbocycles. The predicted molar refractivity (Wildman–Crippen MR) is 99.6 cm³/mol. The smallest absolute Gasteiger partial charge is 0.225 e. The fourth-order valence-corrected chi connectivity index (χ4v) is 4.67. The van der Waals surface area contributed by atoms with Crippen molar-refractivity contribution in [3.8, 4) is 11.3 Å². The molecule has 1 unspecified atom stereocenters. The Kier molecular flexibility index (Phi) is 4.23. The highest BCUT2D eigenvalue weighted by Gasteiger charge is 2.39. The van der Waals surface area contributed by atoms with Gasteiger partial charge in [-0.1, -0.05) is 0 Å². The van der Waals surface area contributed by atoms with E-state index in [-0.39, 0.29) is 0 Å². The summed E-state index contributed by atoms with van der Waals surface area (Å²) < 4.78 is 1.85. The SMILES string of the molecule is Cc1nn(C)cc1-c1ccnc(N2CCCC3(CCCN(C)C3)C2)n1. The third kappa shape index (κ3) is 3.27. The first-order valence-corrected chi connectivity index (χ1v) is 9.32. The lowest BCUT2D eigenvalue weighted by Gasteiger charge is -2.47. The van der Waals surface area contributed by atoms with Gasteiger partial charge >= 0.3 is 0 Å². The van der Waals surface area contributed by atoms with Gasteiger partial charge in [0.1, 0.15) is 0 Å². The molecule has 2 fully saturated rings. The predicted octanol–water partition coefficient (Wildman–Crippen LogP) is 2.50. The number of rotatable bonds is 2. The van der Waals surface area contributed by atoms with E-state index in [1.54, 1.807) is 0 Å². The molecule has 2 saturated heterocycles. The van der Waals surface area contributed by atoms with Crippen LogP contribution in [-0.2, 0) is 7.05 Å². The first-order chi connectivity index (χ1) is 12.0. The summed E-state index contributed by atoms with van der Waals surface area (Å²) in [5, 5.41) is 4.44. The Morgan fingerprint density at radius 3 is 2.60 bits per heavy atom. The van der Waals surface area contributed by atoms with Crippen molar-refractivity contribution in [1.82, 2.24) is 24.6 Å². The summed E-state index contributed by atoms with van der Waals surface area (Å²) in [6, 6.07) is 1.99. The van der Waals surface area contributed by atoms with Crippen LogP contribution in [0.15, 0.2) is 18.5 Å². The molecule has 1 spiro atoms. The molecular formula is C19H28N6. The number of piperidine rings is 2. The number of likely N-dealkylation sites (tertiary alicyclic amines) is 1. The second-order valence-corrected chi connectivity index (χ2v) is 7.91. The topological polar surface area (TPSA) is 50.1 Å². The van der Waals surface area contributed by atoms with Crippen LogP contribution < -0.4 is 4.90 Å². The van der Waals surface area contributed by atoms with Gasteiger partial charge < -0.3 is 9.80 Å². The quantitative estimate of drug-likeness (QED) is 0.841. The van der Waals surface area contributed by atoms with Crippen LogP contribution >= 0.6 is 0 Å². The number of hydrogen-bond acceptors (Lipinski definition) is 5. The maximum atomic E-state index is 4.89. The molecule has 2 aliphatic heterocycles. The molecule has 0 amide bonds. The zero-order valence-corrected chi connectivity index (χ0v) is 15.6. The average Bonchev–Trinajstić information content (AvgIpc) is 2.93. The molecule has 134 valence electrons. The van der Waals surface area contributed by atoms with Gasteiger partial charge in [-0.15, -0.1) is 0 Å². The second kappa shape index (κ2) is 6.41. The minimum atomic E-state index is 0.412. The van der Waals surface area contributed by atoms with E-state index in [0.717, 1.165) is 36.0 Å². The molecule has 0 saturated carbocycles. The van der Waals surface area contributed by atoms with Gasteiger partial charge in [0.2, 0.25) is 5.95 Å². The standard InChI is InChI=1S/C19H28N6/c1-15-16(12-24(3)22-15)17-6-9-20-18(21-17)25-11-5-8-19(14-25)7-4-10-23(2)13-19/h6,9,12H,4-5,7-8,10-11,13-14H2,1-3H3. The molecule has 4 heterocycles. The molecular weight excluding hydrogens is 312 g/mol. The molecule has 25 heavy (non-hydrogen) atoms. The van der Waals surface area contributed by atoms with E-state index in [0.29, 0.717) is 5.41 Å². The number of aryl methyl sites for hydroxylation is 2. The lowest BCUT2D eigenvalue weighted by atomic mass is 9.74. The molecule has 2 aliphatic rings. The summed E-state index contributed by atoms with van der Waals surface area (Å²) in [6.45, 7) is 6.59. The third-order valence-electron chi connectivity index (χ3n) is 5.73. The van der Waals surface area contributed by atoms with Crippen LogP contribution in [0.3, 0.4) is 0 Å². The molecule has 4 rings (SSSR count). The fourth-order valence-electron chi connectivity index (χ4n) is 4.67. The van der Waals surface area contributed by atoms with Gasteiger partial charge in [0.05, 0.1) is 11.4 Å². The van der Waals surface area contributed by atoms with Crippen molar-refractivity contribution in [3.63, 3.8) is 0 Å². The highest BCUT2D eigenvalue weighted by atomic mass is 15.3. The Morgan fingerprint density at radius 2 is 1.88 bits per heavy atom. The Labute approximate surface area is 149 Å². The minimum absolute atomic E-state index is 0.412. The van der Waals surface area contributed by atoms with Gasteiger partial charge in [0.25, 0.3) is 0 Å². The number of hydrogen-bond donors (Lipinski definition) is 0. The van der Waals surface area contributed by atoms with Crippen LogP contribution in [0.25, 0.3) is 11.3 Å². The van der Waals surface area contributed by atoms with Gasteiger partial charge in [-0.25, -0.2) is 9.97 Å². The average molecular weight is 340 g/mol. The Balaban J connectivity index is 1.59. The van der Waals surface area contributed by atoms with E-state index in [1.165, 1.54) is 38.8 Å². The van der Waals surface area contributed by atoms with Gasteiger partial charge in [-0.3, -0.25) is 4.68 Å². The molecule has 2 aromatic rings. The summed E-state index contributed by atoms with van der Waals surface area (Å²) in [5.41, 5.74) is 3.48. The maximum Gasteiger partial charge on any atom is 0.225 e. The summed E-state index contributed by atoms with van der Waals surface area (Å²) in [7, 11) is 4.20. The zero-order chi connectivity index (χ0) is 17.4.